The maximum atomic E-state index is 12.5. The molecule has 0 saturated heterocycles. The Labute approximate surface area is 151 Å². The summed E-state index contributed by atoms with van der Waals surface area (Å²) in [5.74, 6) is -1.14. The lowest BCUT2D eigenvalue weighted by Gasteiger charge is -2.05. The van der Waals surface area contributed by atoms with Crippen LogP contribution in [0.3, 0.4) is 0 Å². The number of hydrogen-bond acceptors (Lipinski definition) is 5. The third-order valence-corrected chi connectivity index (χ3v) is 4.82. The van der Waals surface area contributed by atoms with E-state index in [0.717, 1.165) is 10.4 Å². The molecule has 0 bridgehead atoms. The molecule has 2 heterocycles. The van der Waals surface area contributed by atoms with Crippen molar-refractivity contribution >= 4 is 45.0 Å². The number of nitrogens with one attached hydrogen (secondary N) is 1. The summed E-state index contributed by atoms with van der Waals surface area (Å²) in [5.41, 5.74) is 6.14. The summed E-state index contributed by atoms with van der Waals surface area (Å²) in [6.07, 6.45) is 1.31. The van der Waals surface area contributed by atoms with Gasteiger partial charge in [0.25, 0.3) is 5.56 Å². The molecule has 1 aromatic carbocycles. The molecule has 0 fully saturated rings. The molecule has 0 aliphatic rings. The lowest BCUT2D eigenvalue weighted by atomic mass is 10.2. The number of nitrogens with two attached hydrogens (primary N) is 1. The molecule has 0 unspecified atom stereocenters. The van der Waals surface area contributed by atoms with E-state index < -0.39 is 11.8 Å². The number of carbonyl (C=O) groups is 2. The van der Waals surface area contributed by atoms with E-state index in [-0.39, 0.29) is 18.6 Å². The van der Waals surface area contributed by atoms with Crippen LogP contribution >= 0.6 is 22.9 Å². The minimum atomic E-state index is -0.653. The fourth-order valence-corrected chi connectivity index (χ4v) is 3.40. The number of benzene rings is 1. The first-order chi connectivity index (χ1) is 11.9. The van der Waals surface area contributed by atoms with Crippen molar-refractivity contribution in [3.05, 3.63) is 52.0 Å². The van der Waals surface area contributed by atoms with Crippen LogP contribution in [0.4, 0.5) is 0 Å². The number of carbonyl (C=O) groups excluding carboxylic acids is 2. The number of halogens is 1. The van der Waals surface area contributed by atoms with Crippen molar-refractivity contribution in [2.24, 2.45) is 5.73 Å². The molecule has 3 N–H and O–H groups in total. The highest BCUT2D eigenvalue weighted by atomic mass is 35.5. The summed E-state index contributed by atoms with van der Waals surface area (Å²) in [7, 11) is 0. The van der Waals surface area contributed by atoms with Gasteiger partial charge in [0.05, 0.1) is 18.4 Å². The largest absolute Gasteiger partial charge is 0.368 e. The molecule has 2 aromatic heterocycles. The maximum Gasteiger partial charge on any atom is 0.271 e. The molecule has 0 aliphatic heterocycles. The Morgan fingerprint density at radius 3 is 2.68 bits per heavy atom. The minimum Gasteiger partial charge on any atom is -0.368 e. The van der Waals surface area contributed by atoms with Gasteiger partial charge in [-0.3, -0.25) is 19.0 Å². The number of rotatable bonds is 5. The van der Waals surface area contributed by atoms with Crippen LogP contribution in [-0.2, 0) is 16.1 Å². The average molecular weight is 377 g/mol. The Morgan fingerprint density at radius 1 is 1.28 bits per heavy atom. The molecule has 0 aliphatic carbocycles. The summed E-state index contributed by atoms with van der Waals surface area (Å²) in [4.78, 5) is 40.1. The van der Waals surface area contributed by atoms with Gasteiger partial charge in [0.1, 0.15) is 11.2 Å². The summed E-state index contributed by atoms with van der Waals surface area (Å²) in [6.45, 7) is -0.508. The highest BCUT2D eigenvalue weighted by Crippen LogP contribution is 2.31. The molecule has 7 nitrogen and oxygen atoms in total. The van der Waals surface area contributed by atoms with Crippen LogP contribution in [-0.4, -0.2) is 27.9 Å². The molecular weight excluding hydrogens is 364 g/mol. The molecule has 0 radical (unpaired) electrons. The van der Waals surface area contributed by atoms with E-state index in [9.17, 15) is 14.4 Å². The summed E-state index contributed by atoms with van der Waals surface area (Å²) in [5, 5.41) is 2.96. The average Bonchev–Trinajstić information content (AvgIpc) is 3.01. The first-order valence-electron chi connectivity index (χ1n) is 7.24. The summed E-state index contributed by atoms with van der Waals surface area (Å²) < 4.78 is 1.65. The van der Waals surface area contributed by atoms with Gasteiger partial charge in [-0.05, 0) is 23.8 Å². The van der Waals surface area contributed by atoms with Gasteiger partial charge >= 0.3 is 0 Å². The van der Waals surface area contributed by atoms with Crippen LogP contribution < -0.4 is 16.6 Å². The number of aromatic nitrogens is 2. The van der Waals surface area contributed by atoms with Crippen LogP contribution in [0.1, 0.15) is 0 Å². The predicted octanol–water partition coefficient (Wildman–Crippen LogP) is 1.38. The second-order valence-corrected chi connectivity index (χ2v) is 6.74. The van der Waals surface area contributed by atoms with Crippen molar-refractivity contribution in [1.29, 1.82) is 0 Å². The van der Waals surface area contributed by atoms with Gasteiger partial charge in [-0.1, -0.05) is 23.7 Å². The smallest absolute Gasteiger partial charge is 0.271 e. The second kappa shape index (κ2) is 7.04. The van der Waals surface area contributed by atoms with Crippen molar-refractivity contribution in [2.75, 3.05) is 6.54 Å². The highest BCUT2D eigenvalue weighted by molar-refractivity contribution is 7.22. The molecule has 0 atom stereocenters. The van der Waals surface area contributed by atoms with Gasteiger partial charge in [0.15, 0.2) is 0 Å². The topological polar surface area (TPSA) is 107 Å². The second-order valence-electron chi connectivity index (χ2n) is 5.25. The van der Waals surface area contributed by atoms with Crippen molar-refractivity contribution in [3.63, 3.8) is 0 Å². The monoisotopic (exact) mass is 376 g/mol. The van der Waals surface area contributed by atoms with Gasteiger partial charge in [-0.15, -0.1) is 11.3 Å². The molecular formula is C16H13ClN4O3S. The van der Waals surface area contributed by atoms with Crippen molar-refractivity contribution in [2.45, 2.75) is 6.54 Å². The van der Waals surface area contributed by atoms with Crippen LogP contribution in [0.15, 0.2) is 41.5 Å². The fourth-order valence-electron chi connectivity index (χ4n) is 2.21. The molecule has 2 amide bonds. The zero-order valence-electron chi connectivity index (χ0n) is 12.9. The lowest BCUT2D eigenvalue weighted by Crippen LogP contribution is -2.37. The van der Waals surface area contributed by atoms with E-state index in [4.69, 9.17) is 17.3 Å². The standard InChI is InChI=1S/C16H13ClN4O3S/c17-10-3-1-9(2-4-10)12-5-11-15(25-12)16(24)21(8-20-11)7-14(23)19-6-13(18)22/h1-5,8H,6-7H2,(H2,18,22)(H,19,23). The molecule has 3 rings (SSSR count). The lowest BCUT2D eigenvalue weighted by molar-refractivity contribution is -0.125. The number of nitrogens with zero attached hydrogens (tertiary/aromatic N) is 2. The SMILES string of the molecule is NC(=O)CNC(=O)Cn1cnc2cc(-c3ccc(Cl)cc3)sc2c1=O. The Morgan fingerprint density at radius 2 is 2.00 bits per heavy atom. The summed E-state index contributed by atoms with van der Waals surface area (Å²) >= 11 is 7.19. The maximum absolute atomic E-state index is 12.5. The van der Waals surface area contributed by atoms with Crippen LogP contribution in [0.5, 0.6) is 0 Å². The van der Waals surface area contributed by atoms with E-state index in [0.29, 0.717) is 15.2 Å². The van der Waals surface area contributed by atoms with Crippen LogP contribution in [0.2, 0.25) is 5.02 Å². The van der Waals surface area contributed by atoms with Crippen molar-refractivity contribution in [3.8, 4) is 10.4 Å². The number of primary amides is 1. The molecule has 0 spiro atoms. The Bertz CT molecular complexity index is 1010. The van der Waals surface area contributed by atoms with Crippen molar-refractivity contribution < 1.29 is 9.59 Å². The zero-order valence-corrected chi connectivity index (χ0v) is 14.4. The predicted molar refractivity (Wildman–Crippen MR) is 96.5 cm³/mol. The fraction of sp³-hybridized carbons (Fsp3) is 0.125. The Hall–Kier alpha value is -2.71. The van der Waals surface area contributed by atoms with E-state index in [2.05, 4.69) is 10.3 Å². The first-order valence-corrected chi connectivity index (χ1v) is 8.43. The van der Waals surface area contributed by atoms with Crippen molar-refractivity contribution in [1.82, 2.24) is 14.9 Å². The van der Waals surface area contributed by atoms with Gasteiger partial charge in [-0.2, -0.15) is 0 Å². The Balaban J connectivity index is 1.89. The third-order valence-electron chi connectivity index (χ3n) is 3.41. The van der Waals surface area contributed by atoms with Crippen LogP contribution in [0, 0.1) is 0 Å². The number of thiophene rings is 1. The van der Waals surface area contributed by atoms with Crippen LogP contribution in [0.25, 0.3) is 20.7 Å². The molecule has 3 aromatic rings. The van der Waals surface area contributed by atoms with Gasteiger partial charge in [-0.25, -0.2) is 4.98 Å². The number of fused-ring (bicyclic) bond motifs is 1. The minimum absolute atomic E-state index is 0.233. The molecule has 128 valence electrons. The molecule has 25 heavy (non-hydrogen) atoms. The van der Waals surface area contributed by atoms with Gasteiger partial charge in [0, 0.05) is 9.90 Å². The van der Waals surface area contributed by atoms with E-state index in [1.165, 1.54) is 22.2 Å². The van der Waals surface area contributed by atoms with Gasteiger partial charge in [0.2, 0.25) is 11.8 Å². The normalized spacial score (nSPS) is 10.8. The van der Waals surface area contributed by atoms with E-state index in [1.807, 2.05) is 18.2 Å². The highest BCUT2D eigenvalue weighted by Gasteiger charge is 2.12. The summed E-state index contributed by atoms with van der Waals surface area (Å²) in [6, 6.07) is 9.10. The molecule has 9 heteroatoms. The first kappa shape index (κ1) is 17.1. The number of amides is 2. The number of hydrogen-bond donors (Lipinski definition) is 2. The quantitative estimate of drug-likeness (QED) is 0.701. The zero-order chi connectivity index (χ0) is 18.0. The Kier molecular flexibility index (Phi) is 4.82. The molecule has 0 saturated carbocycles. The van der Waals surface area contributed by atoms with E-state index >= 15 is 0 Å². The van der Waals surface area contributed by atoms with E-state index in [1.54, 1.807) is 12.1 Å². The van der Waals surface area contributed by atoms with Gasteiger partial charge < -0.3 is 11.1 Å². The third kappa shape index (κ3) is 3.86.